The van der Waals surface area contributed by atoms with Crippen LogP contribution in [0.5, 0.6) is 0 Å². The van der Waals surface area contributed by atoms with Crippen LogP contribution < -0.4 is 5.32 Å². The predicted molar refractivity (Wildman–Crippen MR) is 104 cm³/mol. The molecule has 2 N–H and O–H groups in total. The predicted octanol–water partition coefficient (Wildman–Crippen LogP) is 3.79. The number of rotatable bonds is 3. The molecule has 2 amide bonds. The number of methoxy groups -OCH3 is 1. The number of aromatic nitrogens is 2. The lowest BCUT2D eigenvalue weighted by Gasteiger charge is -2.35. The summed E-state index contributed by atoms with van der Waals surface area (Å²) in [5.41, 5.74) is 1.34. The average molecular weight is 430 g/mol. The van der Waals surface area contributed by atoms with Crippen molar-refractivity contribution in [2.75, 3.05) is 19.0 Å². The molecule has 1 aliphatic heterocycles. The van der Waals surface area contributed by atoms with Crippen molar-refractivity contribution < 1.29 is 27.5 Å². The Morgan fingerprint density at radius 1 is 1.19 bits per heavy atom. The van der Waals surface area contributed by atoms with E-state index in [1.807, 2.05) is 0 Å². The van der Waals surface area contributed by atoms with Gasteiger partial charge in [0.2, 0.25) is 0 Å². The van der Waals surface area contributed by atoms with E-state index in [1.54, 1.807) is 12.1 Å². The van der Waals surface area contributed by atoms with E-state index in [0.717, 1.165) is 12.1 Å². The van der Waals surface area contributed by atoms with Crippen LogP contribution in [0.2, 0.25) is 0 Å². The van der Waals surface area contributed by atoms with Gasteiger partial charge in [0, 0.05) is 29.9 Å². The highest BCUT2D eigenvalue weighted by Crippen LogP contribution is 2.36. The zero-order chi connectivity index (χ0) is 22.1. The third-order valence-electron chi connectivity index (χ3n) is 5.08. The number of benzene rings is 2. The second-order valence-corrected chi connectivity index (χ2v) is 6.88. The number of amides is 2. The van der Waals surface area contributed by atoms with Crippen molar-refractivity contribution in [3.8, 4) is 0 Å². The minimum Gasteiger partial charge on any atom is -0.465 e. The maximum Gasteiger partial charge on any atom is 0.337 e. The van der Waals surface area contributed by atoms with Crippen LogP contribution in [0.25, 0.3) is 0 Å². The molecule has 4 rings (SSSR count). The summed E-state index contributed by atoms with van der Waals surface area (Å²) in [6.07, 6.45) is 1.81. The van der Waals surface area contributed by atoms with Crippen LogP contribution in [0, 0.1) is 17.5 Å². The van der Waals surface area contributed by atoms with Crippen molar-refractivity contribution in [3.63, 3.8) is 0 Å². The Hall–Kier alpha value is -3.82. The number of hydrogen-bond donors (Lipinski definition) is 2. The quantitative estimate of drug-likeness (QED) is 0.489. The third kappa shape index (κ3) is 3.72. The van der Waals surface area contributed by atoms with E-state index in [9.17, 15) is 22.8 Å². The second kappa shape index (κ2) is 8.13. The SMILES string of the molecule is COC(=O)c1cccc(NC(=O)N2CCc3[nH]cnc3[C@H]2c2ccc(F)c(F)c2F)c1. The van der Waals surface area contributed by atoms with Crippen molar-refractivity contribution in [3.05, 3.63) is 82.7 Å². The Bertz CT molecular complexity index is 1160. The van der Waals surface area contributed by atoms with Gasteiger partial charge in [-0.3, -0.25) is 0 Å². The van der Waals surface area contributed by atoms with Gasteiger partial charge in [-0.2, -0.15) is 0 Å². The molecule has 0 fully saturated rings. The van der Waals surface area contributed by atoms with E-state index < -0.39 is 35.5 Å². The molecule has 0 radical (unpaired) electrons. The second-order valence-electron chi connectivity index (χ2n) is 6.88. The number of urea groups is 1. The lowest BCUT2D eigenvalue weighted by molar-refractivity contribution is 0.0600. The van der Waals surface area contributed by atoms with Gasteiger partial charge >= 0.3 is 12.0 Å². The van der Waals surface area contributed by atoms with E-state index >= 15 is 0 Å². The van der Waals surface area contributed by atoms with Gasteiger partial charge in [0.25, 0.3) is 0 Å². The Kier molecular flexibility index (Phi) is 5.37. The number of nitrogens with one attached hydrogen (secondary N) is 2. The van der Waals surface area contributed by atoms with E-state index in [2.05, 4.69) is 20.0 Å². The van der Waals surface area contributed by atoms with Crippen molar-refractivity contribution in [2.45, 2.75) is 12.5 Å². The van der Waals surface area contributed by atoms with Crippen LogP contribution in [0.4, 0.5) is 23.7 Å². The number of carbonyl (C=O) groups is 2. The van der Waals surface area contributed by atoms with Crippen molar-refractivity contribution in [2.24, 2.45) is 0 Å². The standard InChI is InChI=1S/C21H17F3N4O3/c1-31-20(29)11-3-2-4-12(9-11)27-21(30)28-8-7-15-18(26-10-25-15)19(28)13-5-6-14(22)17(24)16(13)23/h2-6,9-10,19H,7-8H2,1H3,(H,25,26)(H,27,30)/t19-/m1/s1. The minimum atomic E-state index is -1.62. The molecule has 2 aromatic carbocycles. The highest BCUT2D eigenvalue weighted by Gasteiger charge is 2.36. The van der Waals surface area contributed by atoms with Crippen LogP contribution in [0.1, 0.15) is 33.4 Å². The van der Waals surface area contributed by atoms with Crippen molar-refractivity contribution in [1.82, 2.24) is 14.9 Å². The molecule has 1 aromatic heterocycles. The highest BCUT2D eigenvalue weighted by atomic mass is 19.2. The summed E-state index contributed by atoms with van der Waals surface area (Å²) in [6, 6.07) is 6.31. The number of carbonyl (C=O) groups excluding carboxylic acids is 2. The van der Waals surface area contributed by atoms with E-state index in [1.165, 1.54) is 30.5 Å². The summed E-state index contributed by atoms with van der Waals surface area (Å²) in [4.78, 5) is 33.2. The molecule has 1 aliphatic rings. The number of esters is 1. The summed E-state index contributed by atoms with van der Waals surface area (Å²) >= 11 is 0. The lowest BCUT2D eigenvalue weighted by Crippen LogP contribution is -2.43. The molecule has 1 atom stereocenters. The summed E-state index contributed by atoms with van der Waals surface area (Å²) in [5.74, 6) is -4.90. The fourth-order valence-corrected chi connectivity index (χ4v) is 3.60. The molecule has 10 heteroatoms. The maximum atomic E-state index is 14.6. The van der Waals surface area contributed by atoms with Crippen LogP contribution in [-0.4, -0.2) is 40.5 Å². The monoisotopic (exact) mass is 430 g/mol. The number of aromatic amines is 1. The molecule has 0 bridgehead atoms. The van der Waals surface area contributed by atoms with Gasteiger partial charge in [-0.25, -0.2) is 27.7 Å². The fraction of sp³-hybridized carbons (Fsp3) is 0.190. The van der Waals surface area contributed by atoms with Crippen LogP contribution >= 0.6 is 0 Å². The molecular formula is C21H17F3N4O3. The van der Waals surface area contributed by atoms with Crippen LogP contribution in [0.3, 0.4) is 0 Å². The molecule has 0 aliphatic carbocycles. The topological polar surface area (TPSA) is 87.3 Å². The normalized spacial score (nSPS) is 15.4. The number of fused-ring (bicyclic) bond motifs is 1. The first-order chi connectivity index (χ1) is 14.9. The Labute approximate surface area is 174 Å². The maximum absolute atomic E-state index is 14.6. The Morgan fingerprint density at radius 3 is 2.77 bits per heavy atom. The number of imidazole rings is 1. The van der Waals surface area contributed by atoms with E-state index in [4.69, 9.17) is 0 Å². The van der Waals surface area contributed by atoms with Crippen molar-refractivity contribution >= 4 is 17.7 Å². The van der Waals surface area contributed by atoms with Crippen LogP contribution in [-0.2, 0) is 11.2 Å². The van der Waals surface area contributed by atoms with Gasteiger partial charge in [0.1, 0.15) is 6.04 Å². The molecule has 0 spiro atoms. The van der Waals surface area contributed by atoms with Gasteiger partial charge < -0.3 is 19.9 Å². The van der Waals surface area contributed by atoms with Gasteiger partial charge in [-0.1, -0.05) is 12.1 Å². The molecule has 0 unspecified atom stereocenters. The molecule has 0 saturated carbocycles. The molecule has 3 aromatic rings. The number of nitrogens with zero attached hydrogens (tertiary/aromatic N) is 2. The van der Waals surface area contributed by atoms with E-state index in [0.29, 0.717) is 23.5 Å². The summed E-state index contributed by atoms with van der Waals surface area (Å²) in [7, 11) is 1.24. The van der Waals surface area contributed by atoms with Crippen LogP contribution in [0.15, 0.2) is 42.7 Å². The molecule has 0 saturated heterocycles. The Morgan fingerprint density at radius 2 is 2.00 bits per heavy atom. The first kappa shape index (κ1) is 20.5. The van der Waals surface area contributed by atoms with Crippen molar-refractivity contribution in [1.29, 1.82) is 0 Å². The third-order valence-corrected chi connectivity index (χ3v) is 5.08. The highest BCUT2D eigenvalue weighted by molar-refractivity contribution is 5.94. The van der Waals surface area contributed by atoms with Gasteiger partial charge in [-0.05, 0) is 24.3 Å². The number of anilines is 1. The number of hydrogen-bond acceptors (Lipinski definition) is 4. The molecule has 2 heterocycles. The van der Waals surface area contributed by atoms with Gasteiger partial charge in [0.05, 0.1) is 24.7 Å². The molecule has 31 heavy (non-hydrogen) atoms. The fourth-order valence-electron chi connectivity index (χ4n) is 3.60. The van der Waals surface area contributed by atoms with E-state index in [-0.39, 0.29) is 17.7 Å². The number of H-pyrrole nitrogens is 1. The summed E-state index contributed by atoms with van der Waals surface area (Å²) in [6.45, 7) is 0.167. The molecule has 7 nitrogen and oxygen atoms in total. The zero-order valence-electron chi connectivity index (χ0n) is 16.3. The number of halogens is 3. The first-order valence-corrected chi connectivity index (χ1v) is 9.32. The summed E-state index contributed by atoms with van der Waals surface area (Å²) < 4.78 is 46.7. The number of ether oxygens (including phenoxy) is 1. The Balaban J connectivity index is 1.69. The average Bonchev–Trinajstić information content (AvgIpc) is 3.26. The van der Waals surface area contributed by atoms with Gasteiger partial charge in [0.15, 0.2) is 17.5 Å². The molecule has 160 valence electrons. The summed E-state index contributed by atoms with van der Waals surface area (Å²) in [5, 5.41) is 2.65. The minimum absolute atomic E-state index is 0.167. The largest absolute Gasteiger partial charge is 0.465 e. The van der Waals surface area contributed by atoms with Gasteiger partial charge in [-0.15, -0.1) is 0 Å². The lowest BCUT2D eigenvalue weighted by atomic mass is 9.95. The molecular weight excluding hydrogens is 413 g/mol. The zero-order valence-corrected chi connectivity index (χ0v) is 16.3. The first-order valence-electron chi connectivity index (χ1n) is 9.32. The smallest absolute Gasteiger partial charge is 0.337 e.